The first-order valence-electron chi connectivity index (χ1n) is 7.26. The molecular formula is C19H16ClNO2. The van der Waals surface area contributed by atoms with E-state index in [1.54, 1.807) is 36.5 Å². The van der Waals surface area contributed by atoms with Gasteiger partial charge in [0.2, 0.25) is 0 Å². The monoisotopic (exact) mass is 325 g/mol. The molecule has 0 radical (unpaired) electrons. The molecular weight excluding hydrogens is 310 g/mol. The van der Waals surface area contributed by atoms with E-state index < -0.39 is 5.60 Å². The fourth-order valence-electron chi connectivity index (χ4n) is 2.35. The molecule has 0 bridgehead atoms. The van der Waals surface area contributed by atoms with E-state index in [0.717, 1.165) is 5.56 Å². The Kier molecular flexibility index (Phi) is 4.60. The van der Waals surface area contributed by atoms with E-state index in [9.17, 15) is 5.11 Å². The summed E-state index contributed by atoms with van der Waals surface area (Å²) < 4.78 is 5.79. The zero-order chi connectivity index (χ0) is 16.1. The van der Waals surface area contributed by atoms with Gasteiger partial charge < -0.3 is 9.84 Å². The molecule has 4 heteroatoms. The molecule has 0 aliphatic carbocycles. The van der Waals surface area contributed by atoms with Crippen LogP contribution in [-0.4, -0.2) is 16.7 Å². The molecule has 116 valence electrons. The van der Waals surface area contributed by atoms with Crippen molar-refractivity contribution in [1.82, 2.24) is 4.98 Å². The highest BCUT2D eigenvalue weighted by Crippen LogP contribution is 2.29. The minimum Gasteiger partial charge on any atom is -0.490 e. The smallest absolute Gasteiger partial charge is 0.165 e. The van der Waals surface area contributed by atoms with Gasteiger partial charge in [-0.1, -0.05) is 48.0 Å². The van der Waals surface area contributed by atoms with Gasteiger partial charge in [0, 0.05) is 11.2 Å². The third kappa shape index (κ3) is 3.52. The third-order valence-electron chi connectivity index (χ3n) is 3.60. The number of aromatic nitrogens is 1. The Morgan fingerprint density at radius 3 is 2.26 bits per heavy atom. The first-order valence-corrected chi connectivity index (χ1v) is 7.64. The molecule has 0 saturated carbocycles. The third-order valence-corrected chi connectivity index (χ3v) is 3.85. The summed E-state index contributed by atoms with van der Waals surface area (Å²) in [7, 11) is 0. The first kappa shape index (κ1) is 15.5. The molecule has 1 N–H and O–H groups in total. The number of aliphatic hydroxyl groups is 1. The summed E-state index contributed by atoms with van der Waals surface area (Å²) in [6, 6.07) is 21.9. The lowest BCUT2D eigenvalue weighted by Crippen LogP contribution is -2.35. The van der Waals surface area contributed by atoms with Crippen LogP contribution in [-0.2, 0) is 5.60 Å². The molecule has 0 fully saturated rings. The van der Waals surface area contributed by atoms with Gasteiger partial charge in [-0.05, 0) is 42.0 Å². The molecule has 2 aromatic carbocycles. The molecule has 1 atom stereocenters. The van der Waals surface area contributed by atoms with Gasteiger partial charge in [0.1, 0.15) is 12.4 Å². The van der Waals surface area contributed by atoms with Crippen LogP contribution in [0.25, 0.3) is 0 Å². The normalized spacial score (nSPS) is 13.3. The number of ether oxygens (including phenoxy) is 1. The maximum atomic E-state index is 11.3. The lowest BCUT2D eigenvalue weighted by molar-refractivity contribution is 0.0239. The predicted octanol–water partition coefficient (Wildman–Crippen LogP) is 4.05. The number of hydrogen-bond donors (Lipinski definition) is 1. The number of benzene rings is 2. The zero-order valence-electron chi connectivity index (χ0n) is 12.4. The molecule has 0 unspecified atom stereocenters. The van der Waals surface area contributed by atoms with Gasteiger partial charge >= 0.3 is 0 Å². The maximum Gasteiger partial charge on any atom is 0.165 e. The molecule has 0 spiro atoms. The van der Waals surface area contributed by atoms with Gasteiger partial charge in [-0.25, -0.2) is 0 Å². The maximum absolute atomic E-state index is 11.3. The molecule has 0 amide bonds. The van der Waals surface area contributed by atoms with Crippen molar-refractivity contribution >= 4 is 11.6 Å². The SMILES string of the molecule is O[C@@](COc1ccc(Cl)cc1)(c1ccccc1)c1ccccn1. The fourth-order valence-corrected chi connectivity index (χ4v) is 2.47. The summed E-state index contributed by atoms with van der Waals surface area (Å²) in [6.45, 7) is 0.0512. The highest BCUT2D eigenvalue weighted by Gasteiger charge is 2.34. The van der Waals surface area contributed by atoms with Crippen LogP contribution in [0.4, 0.5) is 0 Å². The molecule has 3 nitrogen and oxygen atoms in total. The zero-order valence-corrected chi connectivity index (χ0v) is 13.1. The second-order valence-electron chi connectivity index (χ2n) is 5.18. The van der Waals surface area contributed by atoms with Crippen molar-refractivity contribution in [2.45, 2.75) is 5.60 Å². The van der Waals surface area contributed by atoms with Gasteiger partial charge in [-0.2, -0.15) is 0 Å². The van der Waals surface area contributed by atoms with Crippen molar-refractivity contribution in [3.05, 3.63) is 95.3 Å². The van der Waals surface area contributed by atoms with Crippen molar-refractivity contribution in [3.63, 3.8) is 0 Å². The van der Waals surface area contributed by atoms with Crippen molar-refractivity contribution in [2.75, 3.05) is 6.61 Å². The molecule has 3 aromatic rings. The van der Waals surface area contributed by atoms with Crippen molar-refractivity contribution < 1.29 is 9.84 Å². The Hall–Kier alpha value is -2.36. The van der Waals surface area contributed by atoms with Crippen LogP contribution in [0.2, 0.25) is 5.02 Å². The molecule has 0 aliphatic heterocycles. The second kappa shape index (κ2) is 6.82. The summed E-state index contributed by atoms with van der Waals surface area (Å²) >= 11 is 5.88. The van der Waals surface area contributed by atoms with Crippen LogP contribution in [0, 0.1) is 0 Å². The van der Waals surface area contributed by atoms with E-state index in [1.165, 1.54) is 0 Å². The van der Waals surface area contributed by atoms with Gasteiger partial charge in [-0.3, -0.25) is 4.98 Å². The largest absolute Gasteiger partial charge is 0.490 e. The Morgan fingerprint density at radius 1 is 0.913 bits per heavy atom. The van der Waals surface area contributed by atoms with Crippen LogP contribution in [0.3, 0.4) is 0 Å². The second-order valence-corrected chi connectivity index (χ2v) is 5.62. The Labute approximate surface area is 140 Å². The molecule has 23 heavy (non-hydrogen) atoms. The summed E-state index contributed by atoms with van der Waals surface area (Å²) in [5, 5.41) is 11.9. The standard InChI is InChI=1S/C19H16ClNO2/c20-16-9-11-17(12-10-16)23-14-19(22,15-6-2-1-3-7-15)18-8-4-5-13-21-18/h1-13,22H,14H2/t19-/m0/s1. The van der Waals surface area contributed by atoms with Crippen LogP contribution in [0.15, 0.2) is 79.0 Å². The van der Waals surface area contributed by atoms with E-state index >= 15 is 0 Å². The summed E-state index contributed by atoms with van der Waals surface area (Å²) in [5.74, 6) is 0.639. The Balaban J connectivity index is 1.91. The van der Waals surface area contributed by atoms with Crippen LogP contribution in [0.1, 0.15) is 11.3 Å². The van der Waals surface area contributed by atoms with Gasteiger partial charge in [-0.15, -0.1) is 0 Å². The van der Waals surface area contributed by atoms with Gasteiger partial charge in [0.25, 0.3) is 0 Å². The van der Waals surface area contributed by atoms with Gasteiger partial charge in [0.15, 0.2) is 5.60 Å². The van der Waals surface area contributed by atoms with E-state index in [-0.39, 0.29) is 6.61 Å². The van der Waals surface area contributed by atoms with E-state index in [2.05, 4.69) is 4.98 Å². The van der Waals surface area contributed by atoms with Crippen molar-refractivity contribution in [1.29, 1.82) is 0 Å². The van der Waals surface area contributed by atoms with E-state index in [0.29, 0.717) is 16.5 Å². The predicted molar refractivity (Wildman–Crippen MR) is 90.6 cm³/mol. The highest BCUT2D eigenvalue weighted by molar-refractivity contribution is 6.30. The fraction of sp³-hybridized carbons (Fsp3) is 0.105. The number of rotatable bonds is 5. The molecule has 0 aliphatic rings. The molecule has 1 heterocycles. The molecule has 3 rings (SSSR count). The molecule has 1 aromatic heterocycles. The summed E-state index contributed by atoms with van der Waals surface area (Å²) in [4.78, 5) is 4.30. The number of hydrogen-bond acceptors (Lipinski definition) is 3. The summed E-state index contributed by atoms with van der Waals surface area (Å²) in [5.41, 5.74) is -0.0601. The number of pyridine rings is 1. The van der Waals surface area contributed by atoms with Crippen molar-refractivity contribution in [2.24, 2.45) is 0 Å². The number of halogens is 1. The highest BCUT2D eigenvalue weighted by atomic mass is 35.5. The van der Waals surface area contributed by atoms with Gasteiger partial charge in [0.05, 0.1) is 5.69 Å². The lowest BCUT2D eigenvalue weighted by Gasteiger charge is -2.28. The summed E-state index contributed by atoms with van der Waals surface area (Å²) in [6.07, 6.45) is 1.66. The Bertz CT molecular complexity index is 706. The van der Waals surface area contributed by atoms with E-state index in [1.807, 2.05) is 42.5 Å². The minimum absolute atomic E-state index is 0.0512. The van der Waals surface area contributed by atoms with Crippen molar-refractivity contribution in [3.8, 4) is 5.75 Å². The number of nitrogens with zero attached hydrogens (tertiary/aromatic N) is 1. The lowest BCUT2D eigenvalue weighted by atomic mass is 9.90. The average Bonchev–Trinajstić information content (AvgIpc) is 2.62. The van der Waals surface area contributed by atoms with Crippen LogP contribution >= 0.6 is 11.6 Å². The van der Waals surface area contributed by atoms with E-state index in [4.69, 9.17) is 16.3 Å². The minimum atomic E-state index is -1.33. The molecule has 0 saturated heterocycles. The average molecular weight is 326 g/mol. The van der Waals surface area contributed by atoms with Crippen LogP contribution in [0.5, 0.6) is 5.75 Å². The first-order chi connectivity index (χ1) is 11.2. The topological polar surface area (TPSA) is 42.4 Å². The van der Waals surface area contributed by atoms with Crippen LogP contribution < -0.4 is 4.74 Å². The quantitative estimate of drug-likeness (QED) is 0.769. The Morgan fingerprint density at radius 2 is 1.61 bits per heavy atom.